The number of ether oxygens (including phenoxy) is 3. The third-order valence-corrected chi connectivity index (χ3v) is 9.42. The molecule has 4 atom stereocenters. The Morgan fingerprint density at radius 1 is 0.677 bits per heavy atom. The smallest absolute Gasteiger partial charge is 0.408 e. The second-order valence-corrected chi connectivity index (χ2v) is 18.8. The van der Waals surface area contributed by atoms with Gasteiger partial charge in [0.25, 0.3) is 0 Å². The number of aromatic hydroxyl groups is 2. The monoisotopic (exact) mass is 913 g/mol. The number of aryl methyl sites for hydroxylation is 1. The number of nitrogens with zero attached hydrogens (tertiary/aromatic N) is 1. The van der Waals surface area contributed by atoms with Crippen molar-refractivity contribution in [3.8, 4) is 22.6 Å². The van der Waals surface area contributed by atoms with E-state index in [0.29, 0.717) is 16.7 Å². The summed E-state index contributed by atoms with van der Waals surface area (Å²) in [6.45, 7) is 16.1. The van der Waals surface area contributed by atoms with Gasteiger partial charge in [0.2, 0.25) is 23.6 Å². The number of carbonyl (C=O) groups is 7. The first kappa shape index (κ1) is 53.0. The van der Waals surface area contributed by atoms with E-state index in [2.05, 4.69) is 31.9 Å². The molecule has 1 aliphatic heterocycles. The fourth-order valence-electron chi connectivity index (χ4n) is 6.50. The summed E-state index contributed by atoms with van der Waals surface area (Å²) in [5.41, 5.74) is -0.242. The number of amides is 7. The number of rotatable bonds is 17. The third-order valence-electron chi connectivity index (χ3n) is 9.42. The highest BCUT2D eigenvalue weighted by Crippen LogP contribution is 2.30. The highest BCUT2D eigenvalue weighted by Gasteiger charge is 2.39. The molecule has 65 heavy (non-hydrogen) atoms. The Bertz CT molecular complexity index is 2020. The Balaban J connectivity index is 1.81. The fourth-order valence-corrected chi connectivity index (χ4v) is 6.50. The predicted molar refractivity (Wildman–Crippen MR) is 239 cm³/mol. The van der Waals surface area contributed by atoms with Crippen LogP contribution in [0.25, 0.3) is 11.1 Å². The quantitative estimate of drug-likeness (QED) is 0.0817. The number of alkyl carbamates (subject to hydrolysis) is 3. The number of likely N-dealkylation sites (tertiary alicyclic amines) is 1. The molecule has 1 fully saturated rings. The topological polar surface area (TPSA) is 283 Å². The van der Waals surface area contributed by atoms with Crippen LogP contribution in [0.1, 0.15) is 92.7 Å². The van der Waals surface area contributed by atoms with E-state index in [9.17, 15) is 48.9 Å². The van der Waals surface area contributed by atoms with Crippen LogP contribution in [0, 0.1) is 6.92 Å². The van der Waals surface area contributed by atoms with Gasteiger partial charge in [0, 0.05) is 39.0 Å². The second-order valence-electron chi connectivity index (χ2n) is 18.8. The predicted octanol–water partition coefficient (Wildman–Crippen LogP) is 3.02. The molecule has 0 bridgehead atoms. The maximum absolute atomic E-state index is 14.2. The lowest BCUT2D eigenvalue weighted by Crippen LogP contribution is -2.56. The van der Waals surface area contributed by atoms with Crippen molar-refractivity contribution in [3.63, 3.8) is 0 Å². The summed E-state index contributed by atoms with van der Waals surface area (Å²) in [5.74, 6) is -3.06. The molecule has 9 N–H and O–H groups in total. The molecule has 1 heterocycles. The number of aliphatic hydroxyl groups excluding tert-OH is 1. The molecule has 360 valence electrons. The highest BCUT2D eigenvalue weighted by atomic mass is 16.6. The van der Waals surface area contributed by atoms with Gasteiger partial charge in [-0.1, -0.05) is 12.1 Å². The van der Waals surface area contributed by atoms with Crippen LogP contribution in [0.5, 0.6) is 11.5 Å². The molecule has 1 aliphatic rings. The van der Waals surface area contributed by atoms with Crippen molar-refractivity contribution in [2.75, 3.05) is 32.7 Å². The lowest BCUT2D eigenvalue weighted by Gasteiger charge is -2.26. The van der Waals surface area contributed by atoms with Gasteiger partial charge in [0.15, 0.2) is 0 Å². The van der Waals surface area contributed by atoms with Gasteiger partial charge < -0.3 is 66.3 Å². The molecule has 0 spiro atoms. The number of hydrogen-bond donors (Lipinski definition) is 9. The molecule has 1 saturated heterocycles. The van der Waals surface area contributed by atoms with Crippen molar-refractivity contribution in [3.05, 3.63) is 47.5 Å². The van der Waals surface area contributed by atoms with Crippen LogP contribution in [-0.2, 0) is 39.8 Å². The van der Waals surface area contributed by atoms with Crippen molar-refractivity contribution in [2.45, 2.75) is 136 Å². The van der Waals surface area contributed by atoms with Crippen LogP contribution in [-0.4, -0.2) is 136 Å². The zero-order valence-corrected chi connectivity index (χ0v) is 39.0. The average Bonchev–Trinajstić information content (AvgIpc) is 3.57. The van der Waals surface area contributed by atoms with Crippen molar-refractivity contribution in [2.24, 2.45) is 0 Å². The molecule has 0 aromatic heterocycles. The molecule has 2 aromatic rings. The first-order valence-electron chi connectivity index (χ1n) is 21.5. The van der Waals surface area contributed by atoms with E-state index in [1.165, 1.54) is 12.1 Å². The number of phenols is 2. The van der Waals surface area contributed by atoms with Crippen LogP contribution < -0.4 is 31.9 Å². The molecule has 3 rings (SSSR count). The number of nitrogens with one attached hydrogen (secondary N) is 6. The Labute approximate surface area is 379 Å². The normalized spacial score (nSPS) is 16.0. The molecule has 0 saturated carbocycles. The Morgan fingerprint density at radius 3 is 1.80 bits per heavy atom. The maximum Gasteiger partial charge on any atom is 0.408 e. The zero-order valence-electron chi connectivity index (χ0n) is 39.0. The second kappa shape index (κ2) is 23.0. The van der Waals surface area contributed by atoms with Gasteiger partial charge in [-0.2, -0.15) is 0 Å². The molecule has 0 aliphatic carbocycles. The van der Waals surface area contributed by atoms with Crippen molar-refractivity contribution < 1.29 is 63.1 Å². The largest absolute Gasteiger partial charge is 0.508 e. The summed E-state index contributed by atoms with van der Waals surface area (Å²) in [4.78, 5) is 93.2. The molecule has 7 amide bonds. The number of hydrogen-bond acceptors (Lipinski definition) is 13. The number of phenolic OH excluding ortho intramolecular Hbond substituents is 2. The van der Waals surface area contributed by atoms with Gasteiger partial charge in [-0.25, -0.2) is 14.4 Å². The Morgan fingerprint density at radius 2 is 1.22 bits per heavy atom. The van der Waals surface area contributed by atoms with Crippen molar-refractivity contribution >= 4 is 41.9 Å². The summed E-state index contributed by atoms with van der Waals surface area (Å²) in [5, 5.41) is 46.8. The van der Waals surface area contributed by atoms with Gasteiger partial charge in [-0.15, -0.1) is 0 Å². The molecule has 2 aromatic carbocycles. The van der Waals surface area contributed by atoms with Crippen molar-refractivity contribution in [1.82, 2.24) is 36.8 Å². The molecule has 20 nitrogen and oxygen atoms in total. The minimum absolute atomic E-state index is 0.000540. The van der Waals surface area contributed by atoms with Gasteiger partial charge >= 0.3 is 18.3 Å². The van der Waals surface area contributed by atoms with Gasteiger partial charge in [0.05, 0.1) is 12.6 Å². The van der Waals surface area contributed by atoms with Crippen LogP contribution in [0.2, 0.25) is 0 Å². The van der Waals surface area contributed by atoms with Crippen LogP contribution in [0.3, 0.4) is 0 Å². The van der Waals surface area contributed by atoms with E-state index in [4.69, 9.17) is 14.2 Å². The molecule has 20 heteroatoms. The maximum atomic E-state index is 14.2. The van der Waals surface area contributed by atoms with E-state index in [1.54, 1.807) is 93.5 Å². The van der Waals surface area contributed by atoms with E-state index in [0.717, 1.165) is 4.90 Å². The zero-order chi connectivity index (χ0) is 48.9. The lowest BCUT2D eigenvalue weighted by molar-refractivity contribution is -0.139. The standard InChI is InChI=1S/C45H67N7O13/c1-26-20-27(13-15-34(26)54)28-14-16-35(55)29(21-28)22-32(51-42(62)65-45(8,9)10)38(58)50-31(12-11-17-47-40(60)63-43(2,3)4)37(57)49-24-36(56)52-25-30(53)23-33(52)39(59)46-18-19-48-41(61)64-44(5,6)7/h13-16,20-21,30-33,53-55H,11-12,17-19,22-25H2,1-10H3,(H,46,59)(H,47,60)(H,48,61)(H,49,57)(H,50,58)(H,51,62)/t30-,31+,32?,33+/m1/s1. The Kier molecular flexibility index (Phi) is 18.8. The molecule has 0 radical (unpaired) electrons. The fraction of sp³-hybridized carbons (Fsp3) is 0.578. The van der Waals surface area contributed by atoms with E-state index < -0.39 is 89.5 Å². The minimum Gasteiger partial charge on any atom is -0.508 e. The molecule has 1 unspecified atom stereocenters. The first-order chi connectivity index (χ1) is 30.1. The SMILES string of the molecule is Cc1cc(-c2ccc(O)c(CC(NC(=O)OC(C)(C)C)C(=O)N[C@@H](CCCNC(=O)OC(C)(C)C)C(=O)NCC(=O)N3C[C@H](O)C[C@H]3C(=O)NCCNC(=O)OC(C)(C)C)c2)ccc1O. The summed E-state index contributed by atoms with van der Waals surface area (Å²) >= 11 is 0. The van der Waals surface area contributed by atoms with Crippen LogP contribution in [0.15, 0.2) is 36.4 Å². The van der Waals surface area contributed by atoms with Crippen LogP contribution >= 0.6 is 0 Å². The summed E-state index contributed by atoms with van der Waals surface area (Å²) in [6, 6.07) is 5.81. The average molecular weight is 914 g/mol. The number of aliphatic hydroxyl groups is 1. The van der Waals surface area contributed by atoms with E-state index in [1.807, 2.05) is 0 Å². The number of β-amino-alcohol motifs (C(OH)–C–C–N with tert-alkyl or cyclic N) is 1. The first-order valence-corrected chi connectivity index (χ1v) is 21.5. The summed E-state index contributed by atoms with van der Waals surface area (Å²) in [7, 11) is 0. The summed E-state index contributed by atoms with van der Waals surface area (Å²) < 4.78 is 15.9. The third kappa shape index (κ3) is 18.7. The minimum atomic E-state index is -1.42. The van der Waals surface area contributed by atoms with Gasteiger partial charge in [0.1, 0.15) is 46.4 Å². The number of carbonyl (C=O) groups excluding carboxylic acids is 7. The van der Waals surface area contributed by atoms with Crippen molar-refractivity contribution in [1.29, 1.82) is 0 Å². The summed E-state index contributed by atoms with van der Waals surface area (Å²) in [6.07, 6.45) is -3.66. The molecular formula is C45H67N7O13. The van der Waals surface area contributed by atoms with E-state index in [-0.39, 0.29) is 68.9 Å². The highest BCUT2D eigenvalue weighted by molar-refractivity contribution is 5.94. The lowest BCUT2D eigenvalue weighted by atomic mass is 9.97. The van der Waals surface area contributed by atoms with Gasteiger partial charge in [-0.05, 0) is 129 Å². The van der Waals surface area contributed by atoms with E-state index >= 15 is 0 Å². The Hall–Kier alpha value is -6.31. The van der Waals surface area contributed by atoms with Gasteiger partial charge in [-0.3, -0.25) is 19.2 Å². The van der Waals surface area contributed by atoms with Crippen LogP contribution in [0.4, 0.5) is 14.4 Å². The number of benzene rings is 2. The molecular weight excluding hydrogens is 847 g/mol.